The number of nitrogens with one attached hydrogen (secondary N) is 2. The van der Waals surface area contributed by atoms with Crippen molar-refractivity contribution in [2.24, 2.45) is 0 Å². The molecule has 2 N–H and O–H groups in total. The Kier molecular flexibility index (Phi) is 6.74. The first-order valence-corrected chi connectivity index (χ1v) is 8.93. The first kappa shape index (κ1) is 19.5. The van der Waals surface area contributed by atoms with E-state index >= 15 is 0 Å². The summed E-state index contributed by atoms with van der Waals surface area (Å²) in [6.07, 6.45) is 0. The van der Waals surface area contributed by atoms with Crippen LogP contribution in [0.4, 0.5) is 17.1 Å². The van der Waals surface area contributed by atoms with Crippen molar-refractivity contribution >= 4 is 40.6 Å². The van der Waals surface area contributed by atoms with Gasteiger partial charge in [-0.2, -0.15) is 0 Å². The summed E-state index contributed by atoms with van der Waals surface area (Å²) >= 11 is 1.39. The van der Waals surface area contributed by atoms with Crippen molar-refractivity contribution in [1.82, 2.24) is 0 Å². The van der Waals surface area contributed by atoms with Gasteiger partial charge in [0.15, 0.2) is 0 Å². The molecule has 0 saturated heterocycles. The maximum Gasteiger partial charge on any atom is 0.269 e. The molecule has 0 unspecified atom stereocenters. The third-order valence-electron chi connectivity index (χ3n) is 3.48. The van der Waals surface area contributed by atoms with Crippen molar-refractivity contribution in [3.05, 3.63) is 64.2 Å². The normalized spacial score (nSPS) is 11.5. The molecule has 7 nitrogen and oxygen atoms in total. The quantitative estimate of drug-likeness (QED) is 0.564. The molecular weight excluding hydrogens is 354 g/mol. The Morgan fingerprint density at radius 3 is 2.42 bits per heavy atom. The topological polar surface area (TPSA) is 101 Å². The fraction of sp³-hybridized carbons (Fsp3) is 0.222. The summed E-state index contributed by atoms with van der Waals surface area (Å²) in [4.78, 5) is 33.6. The highest BCUT2D eigenvalue weighted by atomic mass is 32.2. The number of nitro groups is 1. The van der Waals surface area contributed by atoms with Crippen LogP contribution in [0, 0.1) is 10.1 Å². The maximum atomic E-state index is 12.1. The maximum absolute atomic E-state index is 12.1. The molecule has 0 aliphatic heterocycles. The predicted octanol–water partition coefficient (Wildman–Crippen LogP) is 3.99. The number of hydrogen-bond acceptors (Lipinski definition) is 5. The van der Waals surface area contributed by atoms with E-state index < -0.39 is 4.92 Å². The molecular formula is C18H19N3O4S. The van der Waals surface area contributed by atoms with Crippen molar-refractivity contribution in [3.63, 3.8) is 0 Å². The second kappa shape index (κ2) is 9.00. The monoisotopic (exact) mass is 373 g/mol. The molecule has 26 heavy (non-hydrogen) atoms. The first-order chi connectivity index (χ1) is 12.3. The van der Waals surface area contributed by atoms with E-state index in [0.29, 0.717) is 11.4 Å². The Morgan fingerprint density at radius 2 is 1.77 bits per heavy atom. The molecule has 0 aromatic heterocycles. The van der Waals surface area contributed by atoms with E-state index in [-0.39, 0.29) is 28.5 Å². The fourth-order valence-electron chi connectivity index (χ4n) is 2.26. The zero-order valence-corrected chi connectivity index (χ0v) is 15.2. The van der Waals surface area contributed by atoms with E-state index in [9.17, 15) is 19.7 Å². The number of benzene rings is 2. The van der Waals surface area contributed by atoms with Gasteiger partial charge in [0.25, 0.3) is 5.69 Å². The van der Waals surface area contributed by atoms with Gasteiger partial charge in [0, 0.05) is 35.7 Å². The van der Waals surface area contributed by atoms with Crippen LogP contribution in [-0.4, -0.2) is 22.5 Å². The molecule has 0 radical (unpaired) electrons. The Morgan fingerprint density at radius 1 is 1.12 bits per heavy atom. The highest BCUT2D eigenvalue weighted by Crippen LogP contribution is 2.30. The summed E-state index contributed by atoms with van der Waals surface area (Å²) in [7, 11) is 0. The van der Waals surface area contributed by atoms with Gasteiger partial charge in [0.2, 0.25) is 11.8 Å². The molecule has 0 heterocycles. The molecule has 0 fully saturated rings. The SMILES string of the molecule is CC(=O)Nc1cccc(NC(=O)CS[C@H](C)c2cccc([N+](=O)[O-])c2)c1. The molecule has 0 aliphatic rings. The number of non-ortho nitro benzene ring substituents is 1. The summed E-state index contributed by atoms with van der Waals surface area (Å²) in [6, 6.07) is 13.3. The Hall–Kier alpha value is -2.87. The van der Waals surface area contributed by atoms with Crippen LogP contribution in [0.1, 0.15) is 24.7 Å². The minimum Gasteiger partial charge on any atom is -0.326 e. The van der Waals surface area contributed by atoms with Crippen LogP contribution in [0.25, 0.3) is 0 Å². The van der Waals surface area contributed by atoms with Crippen LogP contribution in [0.15, 0.2) is 48.5 Å². The van der Waals surface area contributed by atoms with Crippen molar-refractivity contribution in [1.29, 1.82) is 0 Å². The molecule has 0 bridgehead atoms. The second-order valence-electron chi connectivity index (χ2n) is 5.62. The van der Waals surface area contributed by atoms with E-state index in [1.807, 2.05) is 6.92 Å². The van der Waals surface area contributed by atoms with Gasteiger partial charge in [-0.25, -0.2) is 0 Å². The number of nitro benzene ring substituents is 1. The molecule has 0 saturated carbocycles. The van der Waals surface area contributed by atoms with E-state index in [1.165, 1.54) is 30.8 Å². The number of rotatable bonds is 7. The minimum atomic E-state index is -0.435. The minimum absolute atomic E-state index is 0.0363. The highest BCUT2D eigenvalue weighted by molar-refractivity contribution is 8.00. The largest absolute Gasteiger partial charge is 0.326 e. The van der Waals surface area contributed by atoms with Crippen molar-refractivity contribution < 1.29 is 14.5 Å². The van der Waals surface area contributed by atoms with Crippen molar-refractivity contribution in [3.8, 4) is 0 Å². The summed E-state index contributed by atoms with van der Waals surface area (Å²) in [5.41, 5.74) is 2.02. The van der Waals surface area contributed by atoms with Crippen LogP contribution in [0.5, 0.6) is 0 Å². The number of anilines is 2. The van der Waals surface area contributed by atoms with Crippen LogP contribution in [0.2, 0.25) is 0 Å². The Balaban J connectivity index is 1.91. The lowest BCUT2D eigenvalue weighted by atomic mass is 10.1. The van der Waals surface area contributed by atoms with Crippen molar-refractivity contribution in [2.45, 2.75) is 19.1 Å². The number of thioether (sulfide) groups is 1. The van der Waals surface area contributed by atoms with Crippen molar-refractivity contribution in [2.75, 3.05) is 16.4 Å². The van der Waals surface area contributed by atoms with Gasteiger partial charge < -0.3 is 10.6 Å². The van der Waals surface area contributed by atoms with Crippen LogP contribution >= 0.6 is 11.8 Å². The molecule has 2 rings (SSSR count). The van der Waals surface area contributed by atoms with Gasteiger partial charge in [-0.3, -0.25) is 19.7 Å². The average molecular weight is 373 g/mol. The number of carbonyl (C=O) groups is 2. The fourth-order valence-corrected chi connectivity index (χ4v) is 3.08. The van der Waals surface area contributed by atoms with Gasteiger partial charge in [-0.05, 0) is 30.7 Å². The second-order valence-corrected chi connectivity index (χ2v) is 6.94. The van der Waals surface area contributed by atoms with E-state index in [4.69, 9.17) is 0 Å². The van der Waals surface area contributed by atoms with Crippen LogP contribution in [0.3, 0.4) is 0 Å². The van der Waals surface area contributed by atoms with E-state index in [0.717, 1.165) is 5.56 Å². The Bertz CT molecular complexity index is 826. The van der Waals surface area contributed by atoms with Crippen LogP contribution in [-0.2, 0) is 9.59 Å². The van der Waals surface area contributed by atoms with Gasteiger partial charge in [-0.15, -0.1) is 11.8 Å². The predicted molar refractivity (Wildman–Crippen MR) is 103 cm³/mol. The van der Waals surface area contributed by atoms with Gasteiger partial charge in [0.1, 0.15) is 0 Å². The number of nitrogens with zero attached hydrogens (tertiary/aromatic N) is 1. The smallest absolute Gasteiger partial charge is 0.269 e. The molecule has 136 valence electrons. The van der Waals surface area contributed by atoms with Gasteiger partial charge in [0.05, 0.1) is 10.7 Å². The van der Waals surface area contributed by atoms with E-state index in [2.05, 4.69) is 10.6 Å². The average Bonchev–Trinajstić information content (AvgIpc) is 2.59. The van der Waals surface area contributed by atoms with Gasteiger partial charge >= 0.3 is 0 Å². The van der Waals surface area contributed by atoms with Gasteiger partial charge in [-0.1, -0.05) is 18.2 Å². The lowest BCUT2D eigenvalue weighted by Gasteiger charge is -2.12. The lowest BCUT2D eigenvalue weighted by Crippen LogP contribution is -2.15. The molecule has 1 atom stereocenters. The zero-order chi connectivity index (χ0) is 19.1. The zero-order valence-electron chi connectivity index (χ0n) is 14.4. The third kappa shape index (κ3) is 5.89. The summed E-state index contributed by atoms with van der Waals surface area (Å²) in [5.74, 6) is -0.170. The Labute approximate surface area is 155 Å². The number of amides is 2. The third-order valence-corrected chi connectivity index (χ3v) is 4.68. The summed E-state index contributed by atoms with van der Waals surface area (Å²) in [5, 5.41) is 16.2. The highest BCUT2D eigenvalue weighted by Gasteiger charge is 2.13. The molecule has 2 aromatic carbocycles. The molecule has 0 spiro atoms. The van der Waals surface area contributed by atoms with E-state index in [1.54, 1.807) is 36.4 Å². The van der Waals surface area contributed by atoms with Crippen LogP contribution < -0.4 is 10.6 Å². The first-order valence-electron chi connectivity index (χ1n) is 7.88. The molecule has 2 aromatic rings. The molecule has 8 heteroatoms. The molecule has 0 aliphatic carbocycles. The molecule has 2 amide bonds. The standard InChI is InChI=1S/C18H19N3O4S/c1-12(14-5-3-8-17(9-14)21(24)25)26-11-18(23)20-16-7-4-6-15(10-16)19-13(2)22/h3-10,12H,11H2,1-2H3,(H,19,22)(H,20,23)/t12-/m1/s1. The summed E-state index contributed by atoms with van der Waals surface area (Å²) in [6.45, 7) is 3.31. The number of hydrogen-bond donors (Lipinski definition) is 2. The lowest BCUT2D eigenvalue weighted by molar-refractivity contribution is -0.384. The number of carbonyl (C=O) groups excluding carboxylic acids is 2. The summed E-state index contributed by atoms with van der Waals surface area (Å²) < 4.78 is 0.